The van der Waals surface area contributed by atoms with E-state index in [1.54, 1.807) is 12.1 Å². The molecular weight excluding hydrogens is 246 g/mol. The smallest absolute Gasteiger partial charge is 0.309 e. The zero-order valence-electron chi connectivity index (χ0n) is 10.7. The molecule has 1 aromatic carbocycles. The number of aliphatic carboxylic acids is 1. The number of carboxylic acid groups (broad SMARTS) is 1. The van der Waals surface area contributed by atoms with Gasteiger partial charge in [0.1, 0.15) is 0 Å². The Morgan fingerprint density at radius 2 is 1.79 bits per heavy atom. The standard InChI is InChI=1S/C14H17NO4/c16-13(17)14(8-2-1-3-9-14)10-11-4-6-12(7-5-11)15(18)19/h4-7H,1-3,8-10H2,(H,16,17). The number of non-ortho nitro benzene ring substituents is 1. The van der Waals surface area contributed by atoms with Crippen LogP contribution in [0.25, 0.3) is 0 Å². The van der Waals surface area contributed by atoms with Crippen molar-refractivity contribution in [1.82, 2.24) is 0 Å². The number of rotatable bonds is 4. The second-order valence-electron chi connectivity index (χ2n) is 5.25. The van der Waals surface area contributed by atoms with Crippen LogP contribution in [-0.4, -0.2) is 16.0 Å². The van der Waals surface area contributed by atoms with Crippen molar-refractivity contribution in [2.75, 3.05) is 0 Å². The van der Waals surface area contributed by atoms with Crippen LogP contribution in [0.15, 0.2) is 24.3 Å². The molecule has 2 rings (SSSR count). The molecule has 102 valence electrons. The van der Waals surface area contributed by atoms with Gasteiger partial charge in [0, 0.05) is 12.1 Å². The maximum Gasteiger partial charge on any atom is 0.309 e. The van der Waals surface area contributed by atoms with Crippen LogP contribution in [0.4, 0.5) is 5.69 Å². The molecule has 1 saturated carbocycles. The van der Waals surface area contributed by atoms with Crippen molar-refractivity contribution >= 4 is 11.7 Å². The van der Waals surface area contributed by atoms with E-state index in [0.717, 1.165) is 24.8 Å². The van der Waals surface area contributed by atoms with E-state index in [9.17, 15) is 20.0 Å². The quantitative estimate of drug-likeness (QED) is 0.668. The van der Waals surface area contributed by atoms with Crippen molar-refractivity contribution in [2.24, 2.45) is 5.41 Å². The Bertz CT molecular complexity index is 475. The molecule has 1 aliphatic rings. The molecule has 0 spiro atoms. The van der Waals surface area contributed by atoms with E-state index in [1.807, 2.05) is 0 Å². The Hall–Kier alpha value is -1.91. The fourth-order valence-electron chi connectivity index (χ4n) is 2.82. The lowest BCUT2D eigenvalue weighted by Gasteiger charge is -2.33. The summed E-state index contributed by atoms with van der Waals surface area (Å²) in [6.45, 7) is 0. The number of carboxylic acids is 1. The van der Waals surface area contributed by atoms with Crippen LogP contribution in [0.5, 0.6) is 0 Å². The summed E-state index contributed by atoms with van der Waals surface area (Å²) in [5.74, 6) is -0.745. The van der Waals surface area contributed by atoms with Crippen molar-refractivity contribution in [3.05, 3.63) is 39.9 Å². The van der Waals surface area contributed by atoms with Gasteiger partial charge in [-0.15, -0.1) is 0 Å². The topological polar surface area (TPSA) is 80.4 Å². The number of nitro groups is 1. The molecule has 0 unspecified atom stereocenters. The molecule has 5 nitrogen and oxygen atoms in total. The Morgan fingerprint density at radius 3 is 2.26 bits per heavy atom. The average molecular weight is 263 g/mol. The van der Waals surface area contributed by atoms with Gasteiger partial charge in [0.25, 0.3) is 5.69 Å². The molecule has 1 aromatic rings. The van der Waals surface area contributed by atoms with E-state index in [1.165, 1.54) is 12.1 Å². The lowest BCUT2D eigenvalue weighted by atomic mass is 9.70. The zero-order valence-corrected chi connectivity index (χ0v) is 10.7. The highest BCUT2D eigenvalue weighted by molar-refractivity contribution is 5.75. The molecule has 0 radical (unpaired) electrons. The summed E-state index contributed by atoms with van der Waals surface area (Å²) in [5, 5.41) is 20.1. The second-order valence-corrected chi connectivity index (χ2v) is 5.25. The minimum absolute atomic E-state index is 0.0387. The zero-order chi connectivity index (χ0) is 13.9. The fraction of sp³-hybridized carbons (Fsp3) is 0.500. The van der Waals surface area contributed by atoms with Crippen molar-refractivity contribution in [1.29, 1.82) is 0 Å². The molecule has 19 heavy (non-hydrogen) atoms. The van der Waals surface area contributed by atoms with Crippen LogP contribution in [-0.2, 0) is 11.2 Å². The van der Waals surface area contributed by atoms with Gasteiger partial charge in [-0.3, -0.25) is 14.9 Å². The fourth-order valence-corrected chi connectivity index (χ4v) is 2.82. The van der Waals surface area contributed by atoms with Crippen molar-refractivity contribution in [3.63, 3.8) is 0 Å². The van der Waals surface area contributed by atoms with Gasteiger partial charge in [-0.05, 0) is 24.8 Å². The lowest BCUT2D eigenvalue weighted by Crippen LogP contribution is -2.35. The lowest BCUT2D eigenvalue weighted by molar-refractivity contribution is -0.384. The van der Waals surface area contributed by atoms with E-state index in [2.05, 4.69) is 0 Å². The van der Waals surface area contributed by atoms with Crippen molar-refractivity contribution in [2.45, 2.75) is 38.5 Å². The predicted octanol–water partition coefficient (Wildman–Crippen LogP) is 3.17. The van der Waals surface area contributed by atoms with Crippen molar-refractivity contribution < 1.29 is 14.8 Å². The normalized spacial score (nSPS) is 17.9. The van der Waals surface area contributed by atoms with Gasteiger partial charge < -0.3 is 5.11 Å². The Labute approximate surface area is 111 Å². The van der Waals surface area contributed by atoms with E-state index < -0.39 is 16.3 Å². The molecule has 1 aliphatic carbocycles. The third kappa shape index (κ3) is 2.92. The van der Waals surface area contributed by atoms with E-state index in [4.69, 9.17) is 0 Å². The molecular formula is C14H17NO4. The van der Waals surface area contributed by atoms with E-state index in [0.29, 0.717) is 19.3 Å². The van der Waals surface area contributed by atoms with Gasteiger partial charge in [-0.25, -0.2) is 0 Å². The Kier molecular flexibility index (Phi) is 3.83. The van der Waals surface area contributed by atoms with Gasteiger partial charge in [0.15, 0.2) is 0 Å². The Balaban J connectivity index is 2.17. The van der Waals surface area contributed by atoms with Crippen LogP contribution in [0.3, 0.4) is 0 Å². The van der Waals surface area contributed by atoms with Crippen LogP contribution in [0, 0.1) is 15.5 Å². The van der Waals surface area contributed by atoms with Crippen molar-refractivity contribution in [3.8, 4) is 0 Å². The molecule has 0 aromatic heterocycles. The minimum atomic E-state index is -0.745. The summed E-state index contributed by atoms with van der Waals surface area (Å²) < 4.78 is 0. The third-order valence-corrected chi connectivity index (χ3v) is 3.95. The molecule has 0 atom stereocenters. The van der Waals surface area contributed by atoms with Gasteiger partial charge in [-0.1, -0.05) is 31.4 Å². The molecule has 1 N–H and O–H groups in total. The number of hydrogen-bond acceptors (Lipinski definition) is 3. The maximum atomic E-state index is 11.5. The number of nitro benzene ring substituents is 1. The summed E-state index contributed by atoms with van der Waals surface area (Å²) in [4.78, 5) is 21.7. The first-order valence-corrected chi connectivity index (χ1v) is 6.50. The van der Waals surface area contributed by atoms with Gasteiger partial charge in [0.05, 0.1) is 10.3 Å². The average Bonchev–Trinajstić information content (AvgIpc) is 2.40. The molecule has 0 bridgehead atoms. The first-order valence-electron chi connectivity index (χ1n) is 6.50. The highest BCUT2D eigenvalue weighted by atomic mass is 16.6. The highest BCUT2D eigenvalue weighted by Crippen LogP contribution is 2.39. The first-order chi connectivity index (χ1) is 9.03. The highest BCUT2D eigenvalue weighted by Gasteiger charge is 2.39. The largest absolute Gasteiger partial charge is 0.481 e. The molecule has 0 heterocycles. The minimum Gasteiger partial charge on any atom is -0.481 e. The summed E-state index contributed by atoms with van der Waals surface area (Å²) >= 11 is 0. The number of nitrogens with zero attached hydrogens (tertiary/aromatic N) is 1. The molecule has 0 aliphatic heterocycles. The second kappa shape index (κ2) is 5.38. The van der Waals surface area contributed by atoms with Crippen LogP contribution < -0.4 is 0 Å². The van der Waals surface area contributed by atoms with Gasteiger partial charge in [-0.2, -0.15) is 0 Å². The molecule has 0 amide bonds. The van der Waals surface area contributed by atoms with Gasteiger partial charge in [0.2, 0.25) is 0 Å². The van der Waals surface area contributed by atoms with Gasteiger partial charge >= 0.3 is 5.97 Å². The summed E-state index contributed by atoms with van der Waals surface area (Å²) in [6, 6.07) is 6.20. The molecule has 5 heteroatoms. The molecule has 1 fully saturated rings. The summed E-state index contributed by atoms with van der Waals surface area (Å²) in [7, 11) is 0. The SMILES string of the molecule is O=C(O)C1(Cc2ccc([N+](=O)[O-])cc2)CCCCC1. The monoisotopic (exact) mass is 263 g/mol. The van der Waals surface area contributed by atoms with Crippen LogP contribution in [0.1, 0.15) is 37.7 Å². The summed E-state index contributed by atoms with van der Waals surface area (Å²) in [6.07, 6.45) is 4.83. The number of hydrogen-bond donors (Lipinski definition) is 1. The maximum absolute atomic E-state index is 11.5. The number of carbonyl (C=O) groups is 1. The third-order valence-electron chi connectivity index (χ3n) is 3.95. The van der Waals surface area contributed by atoms with Crippen LogP contribution >= 0.6 is 0 Å². The van der Waals surface area contributed by atoms with E-state index >= 15 is 0 Å². The molecule has 0 saturated heterocycles. The number of benzene rings is 1. The first kappa shape index (κ1) is 13.5. The summed E-state index contributed by atoms with van der Waals surface area (Å²) in [5.41, 5.74) is 0.209. The van der Waals surface area contributed by atoms with Crippen LogP contribution in [0.2, 0.25) is 0 Å². The predicted molar refractivity (Wildman–Crippen MR) is 70.0 cm³/mol. The van der Waals surface area contributed by atoms with E-state index in [-0.39, 0.29) is 5.69 Å². The Morgan fingerprint density at radius 1 is 1.21 bits per heavy atom.